The Kier molecular flexibility index (Phi) is 4.81. The number of hydrogen-bond acceptors (Lipinski definition) is 3. The Bertz CT molecular complexity index is 462. The van der Waals surface area contributed by atoms with Gasteiger partial charge in [-0.2, -0.15) is 0 Å². The molecule has 3 unspecified atom stereocenters. The van der Waals surface area contributed by atoms with Crippen molar-refractivity contribution in [2.45, 2.75) is 45.2 Å². The summed E-state index contributed by atoms with van der Waals surface area (Å²) in [5, 5.41) is 0. The standard InChI is InChI=1S/C18H28N2O/c1-14-5-4-7-15(11-14)17(12-19)20-9-10-21-18-8-3-2-6-16(18)13-20/h2-3,6,8,14-15,17H,4-5,7,9-13,19H2,1H3. The lowest BCUT2D eigenvalue weighted by Gasteiger charge is -2.39. The Morgan fingerprint density at radius 1 is 1.33 bits per heavy atom. The van der Waals surface area contributed by atoms with Gasteiger partial charge in [-0.05, 0) is 30.7 Å². The first kappa shape index (κ1) is 14.9. The van der Waals surface area contributed by atoms with Crippen molar-refractivity contribution < 1.29 is 4.74 Å². The van der Waals surface area contributed by atoms with Crippen LogP contribution in [-0.2, 0) is 6.54 Å². The summed E-state index contributed by atoms with van der Waals surface area (Å²) in [6.07, 6.45) is 5.43. The van der Waals surface area contributed by atoms with E-state index in [1.165, 1.54) is 31.2 Å². The molecule has 1 heterocycles. The lowest BCUT2D eigenvalue weighted by Crippen LogP contribution is -2.47. The molecule has 116 valence electrons. The van der Waals surface area contributed by atoms with Crippen molar-refractivity contribution in [1.29, 1.82) is 0 Å². The van der Waals surface area contributed by atoms with Crippen LogP contribution < -0.4 is 10.5 Å². The molecule has 3 rings (SSSR count). The molecule has 2 aliphatic rings. The smallest absolute Gasteiger partial charge is 0.123 e. The van der Waals surface area contributed by atoms with Crippen LogP contribution >= 0.6 is 0 Å². The quantitative estimate of drug-likeness (QED) is 0.929. The van der Waals surface area contributed by atoms with Crippen molar-refractivity contribution >= 4 is 0 Å². The van der Waals surface area contributed by atoms with E-state index in [9.17, 15) is 0 Å². The van der Waals surface area contributed by atoms with Gasteiger partial charge in [-0.1, -0.05) is 38.0 Å². The summed E-state index contributed by atoms with van der Waals surface area (Å²) in [7, 11) is 0. The van der Waals surface area contributed by atoms with Crippen molar-refractivity contribution in [2.75, 3.05) is 19.7 Å². The average molecular weight is 288 g/mol. The normalized spacial score (nSPS) is 28.3. The predicted octanol–water partition coefficient (Wildman–Crippen LogP) is 3.03. The van der Waals surface area contributed by atoms with Crippen molar-refractivity contribution in [2.24, 2.45) is 17.6 Å². The molecule has 1 aromatic rings. The number of rotatable bonds is 3. The summed E-state index contributed by atoms with van der Waals surface area (Å²) in [6.45, 7) is 5.89. The summed E-state index contributed by atoms with van der Waals surface area (Å²) >= 11 is 0. The zero-order valence-corrected chi connectivity index (χ0v) is 13.1. The van der Waals surface area contributed by atoms with Gasteiger partial charge in [-0.25, -0.2) is 0 Å². The number of hydrogen-bond donors (Lipinski definition) is 1. The van der Waals surface area contributed by atoms with Gasteiger partial charge in [0.1, 0.15) is 12.4 Å². The third kappa shape index (κ3) is 3.41. The Morgan fingerprint density at radius 2 is 2.19 bits per heavy atom. The van der Waals surface area contributed by atoms with Gasteiger partial charge in [-0.3, -0.25) is 4.90 Å². The van der Waals surface area contributed by atoms with E-state index in [1.54, 1.807) is 0 Å². The Morgan fingerprint density at radius 3 is 3.00 bits per heavy atom. The van der Waals surface area contributed by atoms with Gasteiger partial charge >= 0.3 is 0 Å². The zero-order chi connectivity index (χ0) is 14.7. The minimum Gasteiger partial charge on any atom is -0.492 e. The number of ether oxygens (including phenoxy) is 1. The second-order valence-electron chi connectivity index (χ2n) is 6.76. The van der Waals surface area contributed by atoms with Crippen LogP contribution in [0.25, 0.3) is 0 Å². The summed E-state index contributed by atoms with van der Waals surface area (Å²) in [5.74, 6) is 2.66. The molecule has 0 saturated heterocycles. The van der Waals surface area contributed by atoms with E-state index in [0.717, 1.165) is 43.8 Å². The van der Waals surface area contributed by atoms with E-state index in [4.69, 9.17) is 10.5 Å². The molecular formula is C18H28N2O. The fraction of sp³-hybridized carbons (Fsp3) is 0.667. The molecule has 0 aromatic heterocycles. The van der Waals surface area contributed by atoms with Crippen LogP contribution in [0.5, 0.6) is 5.75 Å². The van der Waals surface area contributed by atoms with Crippen LogP contribution in [0.15, 0.2) is 24.3 Å². The Hall–Kier alpha value is -1.06. The first-order valence-electron chi connectivity index (χ1n) is 8.42. The first-order valence-corrected chi connectivity index (χ1v) is 8.42. The van der Waals surface area contributed by atoms with Crippen molar-refractivity contribution in [1.82, 2.24) is 4.90 Å². The molecule has 1 aliphatic heterocycles. The molecule has 1 aliphatic carbocycles. The highest BCUT2D eigenvalue weighted by Gasteiger charge is 2.31. The van der Waals surface area contributed by atoms with E-state index >= 15 is 0 Å². The van der Waals surface area contributed by atoms with Gasteiger partial charge in [-0.15, -0.1) is 0 Å². The minimum atomic E-state index is 0.502. The van der Waals surface area contributed by atoms with Crippen LogP contribution in [0.1, 0.15) is 38.2 Å². The van der Waals surface area contributed by atoms with Gasteiger partial charge in [0.05, 0.1) is 0 Å². The third-order valence-electron chi connectivity index (χ3n) is 5.21. The maximum absolute atomic E-state index is 6.17. The van der Waals surface area contributed by atoms with Crippen molar-refractivity contribution in [3.8, 4) is 5.75 Å². The molecule has 21 heavy (non-hydrogen) atoms. The maximum Gasteiger partial charge on any atom is 0.123 e. The molecule has 2 N–H and O–H groups in total. The topological polar surface area (TPSA) is 38.5 Å². The lowest BCUT2D eigenvalue weighted by molar-refractivity contribution is 0.0952. The maximum atomic E-state index is 6.17. The molecule has 1 saturated carbocycles. The molecule has 1 fully saturated rings. The third-order valence-corrected chi connectivity index (χ3v) is 5.21. The Labute approximate surface area is 128 Å². The second kappa shape index (κ2) is 6.80. The summed E-state index contributed by atoms with van der Waals surface area (Å²) in [6, 6.07) is 8.93. The molecule has 0 bridgehead atoms. The summed E-state index contributed by atoms with van der Waals surface area (Å²) in [4.78, 5) is 2.56. The highest BCUT2D eigenvalue weighted by molar-refractivity contribution is 5.33. The lowest BCUT2D eigenvalue weighted by atomic mass is 9.78. The number of benzene rings is 1. The van der Waals surface area contributed by atoms with Crippen LogP contribution in [-0.4, -0.2) is 30.6 Å². The van der Waals surface area contributed by atoms with E-state index in [-0.39, 0.29) is 0 Å². The summed E-state index contributed by atoms with van der Waals surface area (Å²) in [5.41, 5.74) is 7.47. The molecule has 0 radical (unpaired) electrons. The zero-order valence-electron chi connectivity index (χ0n) is 13.1. The molecule has 3 atom stereocenters. The fourth-order valence-electron chi connectivity index (χ4n) is 4.10. The average Bonchev–Trinajstić information content (AvgIpc) is 2.70. The number of para-hydroxylation sites is 1. The van der Waals surface area contributed by atoms with Crippen LogP contribution in [0.4, 0.5) is 0 Å². The predicted molar refractivity (Wildman–Crippen MR) is 86.3 cm³/mol. The summed E-state index contributed by atoms with van der Waals surface area (Å²) < 4.78 is 5.90. The molecular weight excluding hydrogens is 260 g/mol. The van der Waals surface area contributed by atoms with Gasteiger partial charge in [0.25, 0.3) is 0 Å². The SMILES string of the molecule is CC1CCCC(C(CN)N2CCOc3ccccc3C2)C1. The van der Waals surface area contributed by atoms with Gasteiger partial charge in [0.15, 0.2) is 0 Å². The molecule has 3 nitrogen and oxygen atoms in total. The van der Waals surface area contributed by atoms with Gasteiger partial charge in [0.2, 0.25) is 0 Å². The highest BCUT2D eigenvalue weighted by Crippen LogP contribution is 2.34. The second-order valence-corrected chi connectivity index (χ2v) is 6.76. The highest BCUT2D eigenvalue weighted by atomic mass is 16.5. The number of nitrogens with two attached hydrogens (primary N) is 1. The van der Waals surface area contributed by atoms with Crippen molar-refractivity contribution in [3.63, 3.8) is 0 Å². The minimum absolute atomic E-state index is 0.502. The molecule has 0 spiro atoms. The Balaban J connectivity index is 1.74. The van der Waals surface area contributed by atoms with Crippen LogP contribution in [0, 0.1) is 11.8 Å². The number of nitrogens with zero attached hydrogens (tertiary/aromatic N) is 1. The van der Waals surface area contributed by atoms with E-state index in [2.05, 4.69) is 36.1 Å². The van der Waals surface area contributed by atoms with E-state index in [0.29, 0.717) is 6.04 Å². The van der Waals surface area contributed by atoms with Crippen LogP contribution in [0.2, 0.25) is 0 Å². The largest absolute Gasteiger partial charge is 0.492 e. The molecule has 1 aromatic carbocycles. The first-order chi connectivity index (χ1) is 10.3. The van der Waals surface area contributed by atoms with Gasteiger partial charge in [0, 0.05) is 31.2 Å². The monoisotopic (exact) mass is 288 g/mol. The van der Waals surface area contributed by atoms with Crippen molar-refractivity contribution in [3.05, 3.63) is 29.8 Å². The number of fused-ring (bicyclic) bond motifs is 1. The van der Waals surface area contributed by atoms with E-state index in [1.807, 2.05) is 0 Å². The van der Waals surface area contributed by atoms with Crippen LogP contribution in [0.3, 0.4) is 0 Å². The fourth-order valence-corrected chi connectivity index (χ4v) is 4.10. The van der Waals surface area contributed by atoms with E-state index < -0.39 is 0 Å². The van der Waals surface area contributed by atoms with Gasteiger partial charge < -0.3 is 10.5 Å². The molecule has 0 amide bonds. The molecule has 3 heteroatoms.